The van der Waals surface area contributed by atoms with Crippen molar-refractivity contribution in [1.82, 2.24) is 4.57 Å². The number of aromatic nitrogens is 1. The van der Waals surface area contributed by atoms with Gasteiger partial charge in [0.1, 0.15) is 0 Å². The van der Waals surface area contributed by atoms with E-state index in [0.29, 0.717) is 18.9 Å². The third kappa shape index (κ3) is 5.36. The molecule has 0 saturated heterocycles. The van der Waals surface area contributed by atoms with Crippen molar-refractivity contribution in [2.24, 2.45) is 0 Å². The average Bonchev–Trinajstić information content (AvgIpc) is 2.74. The van der Waals surface area contributed by atoms with Crippen LogP contribution in [0.3, 0.4) is 0 Å². The molecule has 0 aliphatic heterocycles. The van der Waals surface area contributed by atoms with Crippen molar-refractivity contribution in [3.63, 3.8) is 0 Å². The zero-order chi connectivity index (χ0) is 21.7. The molecule has 3 aromatic rings. The first kappa shape index (κ1) is 21.8. The third-order valence-corrected chi connectivity index (χ3v) is 5.68. The molecular formula is C25H24BrNO3. The summed E-state index contributed by atoms with van der Waals surface area (Å²) >= 11 is 3.57. The van der Waals surface area contributed by atoms with Crippen molar-refractivity contribution < 1.29 is 9.90 Å². The van der Waals surface area contributed by atoms with Crippen LogP contribution in [0.2, 0.25) is 0 Å². The molecule has 0 aliphatic rings. The Kier molecular flexibility index (Phi) is 7.06. The number of aromatic carboxylic acids is 1. The molecule has 0 unspecified atom stereocenters. The number of benzene rings is 2. The van der Waals surface area contributed by atoms with E-state index in [1.807, 2.05) is 24.3 Å². The highest BCUT2D eigenvalue weighted by molar-refractivity contribution is 9.10. The van der Waals surface area contributed by atoms with Gasteiger partial charge in [0.25, 0.3) is 5.56 Å². The molecule has 0 saturated carbocycles. The van der Waals surface area contributed by atoms with Crippen LogP contribution in [0.4, 0.5) is 0 Å². The molecule has 2 aromatic carbocycles. The Morgan fingerprint density at radius 3 is 2.47 bits per heavy atom. The van der Waals surface area contributed by atoms with Gasteiger partial charge in [-0.1, -0.05) is 56.3 Å². The SMILES string of the molecule is CC(C)c1cccc(C=Cc2c(Br)ccc(=O)n2CCc2ccc(C(=O)O)cc2)c1. The zero-order valence-electron chi connectivity index (χ0n) is 17.0. The quantitative estimate of drug-likeness (QED) is 0.476. The standard InChI is InChI=1S/C25H24BrNO3/c1-17(2)21-5-3-4-19(16-21)8-12-23-22(26)11-13-24(28)27(23)15-14-18-6-9-20(10-7-18)25(29)30/h3-13,16-17H,14-15H2,1-2H3,(H,29,30). The molecule has 0 spiro atoms. The molecule has 1 N–H and O–H groups in total. The fraction of sp³-hybridized carbons (Fsp3) is 0.200. The highest BCUT2D eigenvalue weighted by Gasteiger charge is 2.08. The minimum absolute atomic E-state index is 0.0732. The van der Waals surface area contributed by atoms with E-state index >= 15 is 0 Å². The van der Waals surface area contributed by atoms with Gasteiger partial charge in [0.15, 0.2) is 0 Å². The van der Waals surface area contributed by atoms with E-state index < -0.39 is 5.97 Å². The van der Waals surface area contributed by atoms with Crippen LogP contribution in [-0.4, -0.2) is 15.6 Å². The Morgan fingerprint density at radius 2 is 1.80 bits per heavy atom. The molecule has 0 aliphatic carbocycles. The first-order valence-electron chi connectivity index (χ1n) is 9.85. The fourth-order valence-corrected chi connectivity index (χ4v) is 3.70. The van der Waals surface area contributed by atoms with E-state index in [4.69, 9.17) is 5.11 Å². The number of carboxylic acid groups (broad SMARTS) is 1. The molecule has 0 atom stereocenters. The van der Waals surface area contributed by atoms with Gasteiger partial charge in [-0.25, -0.2) is 4.79 Å². The summed E-state index contributed by atoms with van der Waals surface area (Å²) in [5, 5.41) is 9.03. The minimum atomic E-state index is -0.946. The summed E-state index contributed by atoms with van der Waals surface area (Å²) in [4.78, 5) is 23.5. The molecule has 0 radical (unpaired) electrons. The predicted octanol–water partition coefficient (Wildman–Crippen LogP) is 5.85. The maximum atomic E-state index is 12.5. The molecule has 4 nitrogen and oxygen atoms in total. The van der Waals surface area contributed by atoms with Crippen LogP contribution >= 0.6 is 15.9 Å². The van der Waals surface area contributed by atoms with E-state index in [1.165, 1.54) is 5.56 Å². The molecule has 5 heteroatoms. The van der Waals surface area contributed by atoms with Crippen LogP contribution < -0.4 is 5.56 Å². The minimum Gasteiger partial charge on any atom is -0.478 e. The molecule has 1 aromatic heterocycles. The largest absolute Gasteiger partial charge is 0.478 e. The number of hydrogen-bond acceptors (Lipinski definition) is 2. The predicted molar refractivity (Wildman–Crippen MR) is 125 cm³/mol. The summed E-state index contributed by atoms with van der Waals surface area (Å²) in [6.45, 7) is 4.82. The van der Waals surface area contributed by atoms with Crippen molar-refractivity contribution in [2.75, 3.05) is 0 Å². The number of carboxylic acids is 1. The second-order valence-electron chi connectivity index (χ2n) is 7.47. The van der Waals surface area contributed by atoms with E-state index in [-0.39, 0.29) is 11.1 Å². The molecule has 154 valence electrons. The molecule has 0 amide bonds. The van der Waals surface area contributed by atoms with Gasteiger partial charge in [0, 0.05) is 17.1 Å². The highest BCUT2D eigenvalue weighted by Crippen LogP contribution is 2.20. The number of nitrogens with zero attached hydrogens (tertiary/aromatic N) is 1. The van der Waals surface area contributed by atoms with Gasteiger partial charge >= 0.3 is 5.97 Å². The van der Waals surface area contributed by atoms with E-state index in [1.54, 1.807) is 41.0 Å². The number of hydrogen-bond donors (Lipinski definition) is 1. The summed E-state index contributed by atoms with van der Waals surface area (Å²) in [5.74, 6) is -0.494. The second kappa shape index (κ2) is 9.72. The van der Waals surface area contributed by atoms with Gasteiger partial charge in [-0.05, 0) is 69.2 Å². The van der Waals surface area contributed by atoms with E-state index in [0.717, 1.165) is 21.3 Å². The summed E-state index contributed by atoms with van der Waals surface area (Å²) in [6.07, 6.45) is 4.60. The number of aryl methyl sites for hydroxylation is 1. The lowest BCUT2D eigenvalue weighted by molar-refractivity contribution is 0.0697. The normalized spacial score (nSPS) is 11.3. The van der Waals surface area contributed by atoms with E-state index in [9.17, 15) is 9.59 Å². The van der Waals surface area contributed by atoms with Crippen LogP contribution in [0, 0.1) is 0 Å². The Labute approximate surface area is 184 Å². The molecule has 30 heavy (non-hydrogen) atoms. The van der Waals surface area contributed by atoms with Gasteiger partial charge < -0.3 is 9.67 Å². The first-order valence-corrected chi connectivity index (χ1v) is 10.6. The summed E-state index contributed by atoms with van der Waals surface area (Å²) in [5.41, 5.74) is 4.32. The van der Waals surface area contributed by atoms with Gasteiger partial charge in [0.2, 0.25) is 0 Å². The summed E-state index contributed by atoms with van der Waals surface area (Å²) in [6, 6.07) is 18.4. The van der Waals surface area contributed by atoms with Gasteiger partial charge in [-0.3, -0.25) is 4.79 Å². The molecule has 0 fully saturated rings. The van der Waals surface area contributed by atoms with Crippen molar-refractivity contribution in [2.45, 2.75) is 32.7 Å². The van der Waals surface area contributed by atoms with Crippen LogP contribution in [0.1, 0.15) is 52.5 Å². The maximum Gasteiger partial charge on any atom is 0.335 e. The van der Waals surface area contributed by atoms with Gasteiger partial charge in [-0.2, -0.15) is 0 Å². The highest BCUT2D eigenvalue weighted by atomic mass is 79.9. The number of halogens is 1. The fourth-order valence-electron chi connectivity index (χ4n) is 3.22. The summed E-state index contributed by atoms with van der Waals surface area (Å²) in [7, 11) is 0. The lowest BCUT2D eigenvalue weighted by atomic mass is 10.0. The summed E-state index contributed by atoms with van der Waals surface area (Å²) < 4.78 is 2.58. The van der Waals surface area contributed by atoms with Crippen molar-refractivity contribution >= 4 is 34.1 Å². The van der Waals surface area contributed by atoms with Gasteiger partial charge in [-0.15, -0.1) is 0 Å². The molecule has 3 rings (SSSR count). The molecular weight excluding hydrogens is 442 g/mol. The maximum absolute atomic E-state index is 12.5. The number of pyridine rings is 1. The lowest BCUT2D eigenvalue weighted by Gasteiger charge is -2.12. The topological polar surface area (TPSA) is 59.3 Å². The Balaban J connectivity index is 1.85. The number of carbonyl (C=O) groups is 1. The third-order valence-electron chi connectivity index (χ3n) is 5.01. The van der Waals surface area contributed by atoms with Crippen molar-refractivity contribution in [3.8, 4) is 0 Å². The second-order valence-corrected chi connectivity index (χ2v) is 8.32. The smallest absolute Gasteiger partial charge is 0.335 e. The number of rotatable bonds is 7. The van der Waals surface area contributed by atoms with Crippen LogP contribution in [0.15, 0.2) is 69.9 Å². The Hall–Kier alpha value is -2.92. The van der Waals surface area contributed by atoms with Crippen LogP contribution in [0.25, 0.3) is 12.2 Å². The Bertz CT molecular complexity index is 1130. The van der Waals surface area contributed by atoms with Crippen molar-refractivity contribution in [1.29, 1.82) is 0 Å². The van der Waals surface area contributed by atoms with E-state index in [2.05, 4.69) is 41.9 Å². The molecule has 1 heterocycles. The lowest BCUT2D eigenvalue weighted by Crippen LogP contribution is -2.22. The zero-order valence-corrected chi connectivity index (χ0v) is 18.6. The van der Waals surface area contributed by atoms with Crippen molar-refractivity contribution in [3.05, 3.63) is 103 Å². The van der Waals surface area contributed by atoms with Crippen LogP contribution in [0.5, 0.6) is 0 Å². The first-order chi connectivity index (χ1) is 14.3. The molecule has 0 bridgehead atoms. The van der Waals surface area contributed by atoms with Crippen LogP contribution in [-0.2, 0) is 13.0 Å². The average molecular weight is 466 g/mol. The Morgan fingerprint density at radius 1 is 1.07 bits per heavy atom. The van der Waals surface area contributed by atoms with Gasteiger partial charge in [0.05, 0.1) is 11.3 Å². The monoisotopic (exact) mass is 465 g/mol.